The van der Waals surface area contributed by atoms with E-state index in [4.69, 9.17) is 54.9 Å². The first-order chi connectivity index (χ1) is 55.8. The van der Waals surface area contributed by atoms with Crippen LogP contribution in [-0.4, -0.2) is 33.6 Å². The molecule has 0 amide bonds. The van der Waals surface area contributed by atoms with Crippen molar-refractivity contribution < 1.29 is 150 Å². The van der Waals surface area contributed by atoms with Crippen molar-refractivity contribution in [1.29, 1.82) is 0 Å². The first-order valence-corrected chi connectivity index (χ1v) is 43.2. The molecular weight excluding hydrogens is 1720 g/mol. The van der Waals surface area contributed by atoms with E-state index in [0.717, 1.165) is 38.5 Å². The minimum absolute atomic E-state index is 0. The van der Waals surface area contributed by atoms with E-state index >= 15 is 0 Å². The summed E-state index contributed by atoms with van der Waals surface area (Å²) in [5.74, 6) is 0. The SMILES string of the molecule is Cc1ccc(-c2ccc(C)c(Cl)c2)nc1.Cc1ccc(B(O)O)cc1Cl.Cc1ccc(Cl)nc1.O=CO[O-].[H-].[K+].[K+].[Pd].c1ccc(P(c2ccccc2)c2ccccc2)cc1.c1ccc(P(c2ccccc2)c2ccccc2)cc1.c1ccc(P(c2ccccc2)c2ccccc2)cc1.c1ccc(P(c2ccccc2)c2ccccc2)cc1. The Hall–Kier alpha value is -6.68. The van der Waals surface area contributed by atoms with Crippen molar-refractivity contribution >= 4 is 149 Å². The van der Waals surface area contributed by atoms with E-state index < -0.39 is 38.8 Å². The largest absolute Gasteiger partial charge is 1.00 e. The smallest absolute Gasteiger partial charge is 1.00 e. The molecule has 117 heavy (non-hydrogen) atoms. The molecule has 0 unspecified atom stereocenters. The molecule has 0 radical (unpaired) electrons. The predicted molar refractivity (Wildman–Crippen MR) is 493 cm³/mol. The maximum absolute atomic E-state index is 8.74. The summed E-state index contributed by atoms with van der Waals surface area (Å²) in [4.78, 5) is 19.5. The summed E-state index contributed by atoms with van der Waals surface area (Å²) in [6.07, 6.45) is 3.60. The first-order valence-electron chi connectivity index (χ1n) is 36.7. The minimum atomic E-state index is -1.44. The van der Waals surface area contributed by atoms with Crippen LogP contribution in [0.15, 0.2) is 437 Å². The standard InChI is InChI=1S/4C18H15P.C13H12ClN.C7H8BClO2.C6H6ClN.CH2O3.2K.Pd.H/c4*1-4-10-16(11-5-1)19(17-12-6-2-7-13-17)18-14-8-3-9-15-18;1-9-3-6-13(15-8-9)11-5-4-10(2)12(14)7-11;1-5-2-3-6(8(10)11)4-7(5)9;1-5-2-3-6(7)8-4-5;2-1-4-3;;;;/h4*1-15H;3-8H,1-2H3;2-4,10-11H,1H3;2-4H,1H3;1,3H;;;;/q;;;;;;;;2*+1;;-1/p-1. The molecule has 7 nitrogen and oxygen atoms in total. The Kier molecular flexibility index (Phi) is 48.1. The van der Waals surface area contributed by atoms with E-state index in [9.17, 15) is 0 Å². The number of benzene rings is 14. The predicted octanol–water partition coefficient (Wildman–Crippen LogP) is 12.7. The fourth-order valence-electron chi connectivity index (χ4n) is 11.3. The summed E-state index contributed by atoms with van der Waals surface area (Å²) in [6, 6.07) is 148. The molecule has 2 heterocycles. The third-order valence-corrected chi connectivity index (χ3v) is 27.8. The number of carbonyl (C=O) groups is 1. The van der Waals surface area contributed by atoms with Crippen LogP contribution in [0.5, 0.6) is 0 Å². The zero-order chi connectivity index (χ0) is 80.3. The molecule has 2 N–H and O–H groups in total. The maximum Gasteiger partial charge on any atom is 1.00 e. The van der Waals surface area contributed by atoms with Crippen LogP contribution in [0.2, 0.25) is 15.2 Å². The van der Waals surface area contributed by atoms with E-state index in [1.54, 1.807) is 30.5 Å². The normalized spacial score (nSPS) is 9.93. The van der Waals surface area contributed by atoms with Gasteiger partial charge in [0.05, 0.1) is 5.69 Å². The summed E-state index contributed by atoms with van der Waals surface area (Å²) < 4.78 is 0. The molecule has 0 saturated carbocycles. The number of hydrogen-bond acceptors (Lipinski definition) is 7. The molecule has 0 saturated heterocycles. The molecule has 16 rings (SSSR count). The minimum Gasteiger partial charge on any atom is -1.00 e. The number of aryl methyl sites for hydroxylation is 4. The topological polar surface area (TPSA) is 116 Å². The van der Waals surface area contributed by atoms with E-state index in [2.05, 4.69) is 385 Å². The fourth-order valence-corrected chi connectivity index (χ4v) is 21.0. The van der Waals surface area contributed by atoms with Gasteiger partial charge in [0.2, 0.25) is 0 Å². The van der Waals surface area contributed by atoms with Gasteiger partial charge >= 0.3 is 110 Å². The van der Waals surface area contributed by atoms with Gasteiger partial charge in [-0.05, 0) is 175 Å². The van der Waals surface area contributed by atoms with Crippen molar-refractivity contribution in [3.05, 3.63) is 474 Å². The third-order valence-electron chi connectivity index (χ3n) is 17.0. The molecule has 580 valence electrons. The van der Waals surface area contributed by atoms with Gasteiger partial charge in [-0.1, -0.05) is 435 Å². The van der Waals surface area contributed by atoms with E-state index in [-0.39, 0.29) is 131 Å². The van der Waals surface area contributed by atoms with Crippen molar-refractivity contribution in [2.45, 2.75) is 27.7 Å². The molecule has 14 aromatic carbocycles. The van der Waals surface area contributed by atoms with Crippen LogP contribution in [-0.2, 0) is 30.1 Å². The van der Waals surface area contributed by atoms with Crippen molar-refractivity contribution in [2.75, 3.05) is 0 Å². The molecule has 0 spiro atoms. The van der Waals surface area contributed by atoms with Gasteiger partial charge < -0.3 is 21.6 Å². The quantitative estimate of drug-likeness (QED) is 0.0262. The van der Waals surface area contributed by atoms with Crippen molar-refractivity contribution in [3.8, 4) is 11.3 Å². The second-order valence-electron chi connectivity index (χ2n) is 25.3. The van der Waals surface area contributed by atoms with E-state index in [1.807, 2.05) is 64.2 Å². The summed E-state index contributed by atoms with van der Waals surface area (Å²) >= 11 is 17.3. The number of rotatable bonds is 15. The molecule has 16 aromatic rings. The Bertz CT molecular complexity index is 4470. The monoisotopic (exact) mass is 1810 g/mol. The maximum atomic E-state index is 8.74. The van der Waals surface area contributed by atoms with Gasteiger partial charge in [0.15, 0.2) is 0 Å². The average Bonchev–Trinajstić information content (AvgIpc) is 0.833. The van der Waals surface area contributed by atoms with Crippen LogP contribution in [0.25, 0.3) is 11.3 Å². The van der Waals surface area contributed by atoms with Crippen LogP contribution in [0.4, 0.5) is 0 Å². The fraction of sp³-hybridized carbons (Fsp3) is 0.0404. The van der Waals surface area contributed by atoms with Gasteiger partial charge in [-0.3, -0.25) is 9.78 Å². The number of halogens is 3. The molecule has 0 bridgehead atoms. The zero-order valence-electron chi connectivity index (χ0n) is 67.0. The van der Waals surface area contributed by atoms with Gasteiger partial charge in [0.25, 0.3) is 6.47 Å². The molecule has 0 fully saturated rings. The number of carbonyl (C=O) groups excluding carboxylic acids is 1. The average molecular weight is 1810 g/mol. The number of aromatic nitrogens is 2. The van der Waals surface area contributed by atoms with Crippen molar-refractivity contribution in [3.63, 3.8) is 0 Å². The van der Waals surface area contributed by atoms with Crippen LogP contribution in [0.1, 0.15) is 23.7 Å². The Labute approximate surface area is 811 Å². The Morgan fingerprint density at radius 3 is 0.701 bits per heavy atom. The summed E-state index contributed by atoms with van der Waals surface area (Å²) in [7, 11) is -3.22. The van der Waals surface area contributed by atoms with Gasteiger partial charge in [0, 0.05) is 48.4 Å². The number of pyridine rings is 2. The second kappa shape index (κ2) is 56.8. The first kappa shape index (κ1) is 99.1. The van der Waals surface area contributed by atoms with E-state index in [1.165, 1.54) is 63.7 Å². The Morgan fingerprint density at radius 1 is 0.316 bits per heavy atom. The Balaban J connectivity index is 0.000000245. The number of nitrogens with zero attached hydrogens (tertiary/aromatic N) is 2. The van der Waals surface area contributed by atoms with E-state index in [0.29, 0.717) is 15.6 Å². The molecule has 0 aliphatic heterocycles. The van der Waals surface area contributed by atoms with Crippen LogP contribution in [0, 0.1) is 27.7 Å². The summed E-state index contributed by atoms with van der Waals surface area (Å²) in [6.45, 7) is 7.67. The molecular formula is C99H88BCl3K2N2O5P4Pd. The zero-order valence-corrected chi connectivity index (χ0v) is 79.6. The number of hydrogen-bond donors (Lipinski definition) is 2. The molecule has 0 atom stereocenters. The van der Waals surface area contributed by atoms with Gasteiger partial charge in [-0.25, -0.2) is 4.98 Å². The van der Waals surface area contributed by atoms with Gasteiger partial charge in [-0.15, -0.1) is 0 Å². The second-order valence-corrected chi connectivity index (χ2v) is 35.4. The molecule has 2 aromatic heterocycles. The van der Waals surface area contributed by atoms with Crippen LogP contribution >= 0.6 is 66.5 Å². The molecule has 0 aliphatic rings. The van der Waals surface area contributed by atoms with Crippen LogP contribution in [0.3, 0.4) is 0 Å². The van der Waals surface area contributed by atoms with Gasteiger partial charge in [0.1, 0.15) is 5.15 Å². The summed E-state index contributed by atoms with van der Waals surface area (Å²) in [5.41, 5.74) is 6.75. The van der Waals surface area contributed by atoms with Gasteiger partial charge in [-0.2, -0.15) is 0 Å². The molecule has 0 aliphatic carbocycles. The van der Waals surface area contributed by atoms with Crippen LogP contribution < -0.4 is 177 Å². The summed E-state index contributed by atoms with van der Waals surface area (Å²) in [5, 5.41) is 44.6. The Morgan fingerprint density at radius 2 is 0.530 bits per heavy atom. The van der Waals surface area contributed by atoms with Crippen molar-refractivity contribution in [2.24, 2.45) is 0 Å². The third kappa shape index (κ3) is 34.0. The van der Waals surface area contributed by atoms with Crippen molar-refractivity contribution in [1.82, 2.24) is 9.97 Å². The molecule has 18 heteroatoms.